The Kier molecular flexibility index (Phi) is 7.67. The van der Waals surface area contributed by atoms with Gasteiger partial charge in [0.25, 0.3) is 0 Å². The number of hydrogen-bond donors (Lipinski definition) is 1. The first-order valence-corrected chi connectivity index (χ1v) is 10.7. The van der Waals surface area contributed by atoms with Crippen LogP contribution in [0, 0.1) is 5.41 Å². The topological polar surface area (TPSA) is 55.4 Å². The van der Waals surface area contributed by atoms with Crippen molar-refractivity contribution in [2.45, 2.75) is 56.4 Å². The van der Waals surface area contributed by atoms with Crippen LogP contribution in [0.25, 0.3) is 0 Å². The number of likely N-dealkylation sites (N-methyl/N-ethyl adjacent to an activating group) is 1. The monoisotopic (exact) mass is 425 g/mol. The quantitative estimate of drug-likeness (QED) is 0.246. The highest BCUT2D eigenvalue weighted by atomic mass is 32.2. The molecule has 0 saturated carbocycles. The molecule has 1 unspecified atom stereocenters. The summed E-state index contributed by atoms with van der Waals surface area (Å²) in [4.78, 5) is 26.7. The van der Waals surface area contributed by atoms with Crippen LogP contribution in [0.3, 0.4) is 0 Å². The molecule has 0 bridgehead atoms. The minimum absolute atomic E-state index is 0.0121. The maximum atomic E-state index is 12.7. The molecule has 1 N–H and O–H groups in total. The molecule has 2 aromatic rings. The molecule has 0 aliphatic heterocycles. The van der Waals surface area contributed by atoms with Crippen molar-refractivity contribution in [1.29, 1.82) is 0 Å². The van der Waals surface area contributed by atoms with Gasteiger partial charge >= 0.3 is 5.97 Å². The molecule has 0 aliphatic carbocycles. The molecular formula is C25H31NO3S. The lowest BCUT2D eigenvalue weighted by Crippen LogP contribution is -2.52. The summed E-state index contributed by atoms with van der Waals surface area (Å²) >= 11 is 1.58. The van der Waals surface area contributed by atoms with Crippen LogP contribution in [0.5, 0.6) is 5.75 Å². The molecule has 0 amide bonds. The summed E-state index contributed by atoms with van der Waals surface area (Å²) in [6.07, 6.45) is 0.660. The Bertz CT molecular complexity index is 911. The van der Waals surface area contributed by atoms with E-state index in [0.717, 1.165) is 9.79 Å². The van der Waals surface area contributed by atoms with Crippen LogP contribution in [0.2, 0.25) is 0 Å². The van der Waals surface area contributed by atoms with E-state index in [4.69, 9.17) is 4.74 Å². The maximum Gasteiger partial charge on any atom is 0.331 e. The molecule has 30 heavy (non-hydrogen) atoms. The second-order valence-corrected chi connectivity index (χ2v) is 10.1. The average Bonchev–Trinajstić information content (AvgIpc) is 2.68. The van der Waals surface area contributed by atoms with Crippen LogP contribution >= 0.6 is 11.8 Å². The van der Waals surface area contributed by atoms with Crippen molar-refractivity contribution in [3.05, 3.63) is 66.2 Å². The van der Waals surface area contributed by atoms with E-state index in [1.807, 2.05) is 43.3 Å². The first-order chi connectivity index (χ1) is 13.9. The van der Waals surface area contributed by atoms with Gasteiger partial charge in [0.1, 0.15) is 11.3 Å². The van der Waals surface area contributed by atoms with Crippen LogP contribution in [0.1, 0.15) is 51.4 Å². The van der Waals surface area contributed by atoms with E-state index in [1.165, 1.54) is 0 Å². The highest BCUT2D eigenvalue weighted by Crippen LogP contribution is 2.31. The van der Waals surface area contributed by atoms with Gasteiger partial charge in [-0.3, -0.25) is 4.79 Å². The molecule has 4 nitrogen and oxygen atoms in total. The number of allylic oxidation sites excluding steroid dienone is 1. The second kappa shape index (κ2) is 9.63. The molecule has 0 spiro atoms. The number of nitrogens with one attached hydrogen (secondary N) is 1. The summed E-state index contributed by atoms with van der Waals surface area (Å²) < 4.78 is 5.63. The molecule has 0 saturated heterocycles. The van der Waals surface area contributed by atoms with Gasteiger partial charge < -0.3 is 10.1 Å². The Labute approximate surface area is 184 Å². The highest BCUT2D eigenvalue weighted by Gasteiger charge is 2.37. The third-order valence-corrected chi connectivity index (χ3v) is 5.68. The number of esters is 1. The van der Waals surface area contributed by atoms with Crippen molar-refractivity contribution in [2.75, 3.05) is 7.05 Å². The van der Waals surface area contributed by atoms with Crippen LogP contribution in [-0.2, 0) is 4.79 Å². The zero-order valence-corrected chi connectivity index (χ0v) is 19.5. The maximum absolute atomic E-state index is 12.7. The van der Waals surface area contributed by atoms with Crippen molar-refractivity contribution in [2.24, 2.45) is 5.41 Å². The number of ketones is 1. The second-order valence-electron chi connectivity index (χ2n) is 8.92. The minimum atomic E-state index is -0.755. The van der Waals surface area contributed by atoms with E-state index < -0.39 is 5.54 Å². The molecule has 0 aliphatic rings. The smallest absolute Gasteiger partial charge is 0.331 e. The predicted molar refractivity (Wildman–Crippen MR) is 123 cm³/mol. The van der Waals surface area contributed by atoms with E-state index in [0.29, 0.717) is 23.3 Å². The Hall–Kier alpha value is -2.37. The number of carbonyl (C=O) groups is 2. The van der Waals surface area contributed by atoms with Crippen molar-refractivity contribution in [3.8, 4) is 5.75 Å². The Morgan fingerprint density at radius 3 is 1.90 bits per heavy atom. The van der Waals surface area contributed by atoms with E-state index in [1.54, 1.807) is 37.9 Å². The molecule has 2 rings (SSSR count). The third-order valence-electron chi connectivity index (χ3n) is 4.66. The number of benzene rings is 2. The SMILES string of the molecule is C=C(C)C(=O)c1ccc(Sc2ccc(OC(=O)C(C)(CC(C)(C)C)NC)cc2)cc1. The fourth-order valence-corrected chi connectivity index (χ4v) is 3.99. The summed E-state index contributed by atoms with van der Waals surface area (Å²) in [5.74, 6) is 0.179. The molecule has 0 heterocycles. The Morgan fingerprint density at radius 2 is 1.47 bits per heavy atom. The van der Waals surface area contributed by atoms with Gasteiger partial charge in [-0.25, -0.2) is 4.79 Å². The highest BCUT2D eigenvalue weighted by molar-refractivity contribution is 7.99. The van der Waals surface area contributed by atoms with Gasteiger partial charge in [-0.2, -0.15) is 0 Å². The van der Waals surface area contributed by atoms with Gasteiger partial charge in [0.05, 0.1) is 0 Å². The zero-order chi connectivity index (χ0) is 22.5. The van der Waals surface area contributed by atoms with Crippen LogP contribution in [0.15, 0.2) is 70.5 Å². The molecule has 1 atom stereocenters. The average molecular weight is 426 g/mol. The summed E-state index contributed by atoms with van der Waals surface area (Å²) in [6.45, 7) is 13.6. The number of Topliss-reactive ketones (excluding diaryl/α,β-unsaturated/α-hetero) is 1. The van der Waals surface area contributed by atoms with Gasteiger partial charge in [0.2, 0.25) is 0 Å². The zero-order valence-electron chi connectivity index (χ0n) is 18.7. The largest absolute Gasteiger partial charge is 0.425 e. The van der Waals surface area contributed by atoms with Crippen molar-refractivity contribution >= 4 is 23.5 Å². The standard InChI is InChI=1S/C25H31NO3S/c1-17(2)22(27)18-8-12-20(13-9-18)30-21-14-10-19(11-15-21)29-23(28)25(6,26-7)16-24(3,4)5/h8-15,26H,1,16H2,2-7H3. The van der Waals surface area contributed by atoms with Crippen LogP contribution in [0.4, 0.5) is 0 Å². The summed E-state index contributed by atoms with van der Waals surface area (Å²) in [6, 6.07) is 14.9. The van der Waals surface area contributed by atoms with E-state index in [2.05, 4.69) is 32.7 Å². The summed E-state index contributed by atoms with van der Waals surface area (Å²) in [5, 5.41) is 3.11. The normalized spacial score (nSPS) is 13.4. The number of ether oxygens (including phenoxy) is 1. The molecule has 0 fully saturated rings. The third kappa shape index (κ3) is 6.57. The van der Waals surface area contributed by atoms with Crippen molar-refractivity contribution < 1.29 is 14.3 Å². The molecule has 0 aromatic heterocycles. The lowest BCUT2D eigenvalue weighted by Gasteiger charge is -2.33. The lowest BCUT2D eigenvalue weighted by atomic mass is 9.81. The van der Waals surface area contributed by atoms with E-state index in [9.17, 15) is 9.59 Å². The predicted octanol–water partition coefficient (Wildman–Crippen LogP) is 5.92. The lowest BCUT2D eigenvalue weighted by molar-refractivity contribution is -0.142. The molecular weight excluding hydrogens is 394 g/mol. The number of carbonyl (C=O) groups excluding carboxylic acids is 2. The molecule has 160 valence electrons. The van der Waals surface area contributed by atoms with E-state index >= 15 is 0 Å². The summed E-state index contributed by atoms with van der Waals surface area (Å²) in [5.41, 5.74) is 0.394. The Morgan fingerprint density at radius 1 is 0.967 bits per heavy atom. The van der Waals surface area contributed by atoms with Gasteiger partial charge in [-0.05, 0) is 86.8 Å². The Balaban J connectivity index is 2.03. The fraction of sp³-hybridized carbons (Fsp3) is 0.360. The first kappa shape index (κ1) is 23.9. The van der Waals surface area contributed by atoms with Gasteiger partial charge in [0, 0.05) is 15.4 Å². The number of rotatable bonds is 8. The number of hydrogen-bond acceptors (Lipinski definition) is 5. The van der Waals surface area contributed by atoms with Gasteiger partial charge in [-0.15, -0.1) is 0 Å². The molecule has 2 aromatic carbocycles. The van der Waals surface area contributed by atoms with Gasteiger partial charge in [-0.1, -0.05) is 39.1 Å². The molecule has 0 radical (unpaired) electrons. The van der Waals surface area contributed by atoms with Crippen LogP contribution < -0.4 is 10.1 Å². The summed E-state index contributed by atoms with van der Waals surface area (Å²) in [7, 11) is 1.78. The fourth-order valence-electron chi connectivity index (χ4n) is 3.18. The van der Waals surface area contributed by atoms with Crippen LogP contribution in [-0.4, -0.2) is 24.3 Å². The van der Waals surface area contributed by atoms with E-state index in [-0.39, 0.29) is 17.2 Å². The molecule has 5 heteroatoms. The minimum Gasteiger partial charge on any atom is -0.425 e. The first-order valence-electron chi connectivity index (χ1n) is 9.93. The van der Waals surface area contributed by atoms with Crippen molar-refractivity contribution in [3.63, 3.8) is 0 Å². The van der Waals surface area contributed by atoms with Crippen molar-refractivity contribution in [1.82, 2.24) is 5.32 Å². The van der Waals surface area contributed by atoms with Gasteiger partial charge in [0.15, 0.2) is 5.78 Å².